The van der Waals surface area contributed by atoms with Gasteiger partial charge in [-0.15, -0.1) is 0 Å². The summed E-state index contributed by atoms with van der Waals surface area (Å²) < 4.78 is 11.0. The van der Waals surface area contributed by atoms with Crippen LogP contribution in [-0.4, -0.2) is 37.2 Å². The number of anilines is 1. The van der Waals surface area contributed by atoms with Crippen LogP contribution in [0.5, 0.6) is 11.5 Å². The van der Waals surface area contributed by atoms with Crippen LogP contribution in [0.1, 0.15) is 28.8 Å². The first-order chi connectivity index (χ1) is 12.3. The maximum atomic E-state index is 12.4. The SMILES string of the molecule is O=C(NCc1ccnc(N2CCCC2)c1)c1ccc2c(c1)OCCO2. The van der Waals surface area contributed by atoms with E-state index in [4.69, 9.17) is 9.47 Å². The number of rotatable bonds is 4. The van der Waals surface area contributed by atoms with Gasteiger partial charge >= 0.3 is 0 Å². The van der Waals surface area contributed by atoms with Gasteiger partial charge in [-0.25, -0.2) is 4.98 Å². The molecule has 1 aromatic carbocycles. The quantitative estimate of drug-likeness (QED) is 0.927. The van der Waals surface area contributed by atoms with E-state index < -0.39 is 0 Å². The minimum Gasteiger partial charge on any atom is -0.486 e. The average molecular weight is 339 g/mol. The van der Waals surface area contributed by atoms with Crippen molar-refractivity contribution in [3.05, 3.63) is 47.7 Å². The maximum Gasteiger partial charge on any atom is 0.251 e. The van der Waals surface area contributed by atoms with Crippen LogP contribution in [0, 0.1) is 0 Å². The molecule has 25 heavy (non-hydrogen) atoms. The van der Waals surface area contributed by atoms with E-state index in [-0.39, 0.29) is 5.91 Å². The highest BCUT2D eigenvalue weighted by atomic mass is 16.6. The Hall–Kier alpha value is -2.76. The number of hydrogen-bond donors (Lipinski definition) is 1. The van der Waals surface area contributed by atoms with E-state index >= 15 is 0 Å². The Kier molecular flexibility index (Phi) is 4.41. The van der Waals surface area contributed by atoms with E-state index in [0.29, 0.717) is 36.8 Å². The van der Waals surface area contributed by atoms with Gasteiger partial charge in [0.25, 0.3) is 5.91 Å². The van der Waals surface area contributed by atoms with Crippen molar-refractivity contribution < 1.29 is 14.3 Å². The van der Waals surface area contributed by atoms with E-state index in [1.54, 1.807) is 24.4 Å². The Morgan fingerprint density at radius 2 is 1.88 bits per heavy atom. The molecule has 130 valence electrons. The number of ether oxygens (including phenoxy) is 2. The average Bonchev–Trinajstić information content (AvgIpc) is 3.21. The highest BCUT2D eigenvalue weighted by Gasteiger charge is 2.16. The molecule has 0 unspecified atom stereocenters. The van der Waals surface area contributed by atoms with Crippen molar-refractivity contribution in [3.63, 3.8) is 0 Å². The molecular weight excluding hydrogens is 318 g/mol. The molecule has 1 fully saturated rings. The number of carbonyl (C=O) groups excluding carboxylic acids is 1. The molecule has 0 radical (unpaired) electrons. The van der Waals surface area contributed by atoms with Crippen LogP contribution in [0.4, 0.5) is 5.82 Å². The van der Waals surface area contributed by atoms with Gasteiger partial charge in [-0.3, -0.25) is 4.79 Å². The van der Waals surface area contributed by atoms with E-state index in [2.05, 4.69) is 21.3 Å². The maximum absolute atomic E-state index is 12.4. The topological polar surface area (TPSA) is 63.7 Å². The van der Waals surface area contributed by atoms with Crippen molar-refractivity contribution in [2.24, 2.45) is 0 Å². The molecule has 0 atom stereocenters. The summed E-state index contributed by atoms with van der Waals surface area (Å²) in [7, 11) is 0. The van der Waals surface area contributed by atoms with Gasteiger partial charge in [0.05, 0.1) is 0 Å². The zero-order chi connectivity index (χ0) is 17.1. The minimum absolute atomic E-state index is 0.128. The number of benzene rings is 1. The van der Waals surface area contributed by atoms with E-state index in [1.807, 2.05) is 6.07 Å². The molecule has 2 aromatic rings. The lowest BCUT2D eigenvalue weighted by atomic mass is 10.1. The van der Waals surface area contributed by atoms with Crippen LogP contribution < -0.4 is 19.7 Å². The zero-order valence-corrected chi connectivity index (χ0v) is 14.0. The molecule has 4 rings (SSSR count). The van der Waals surface area contributed by atoms with Crippen LogP contribution in [-0.2, 0) is 6.54 Å². The number of nitrogens with zero attached hydrogens (tertiary/aromatic N) is 2. The fraction of sp³-hybridized carbons (Fsp3) is 0.368. The summed E-state index contributed by atoms with van der Waals surface area (Å²) in [5.74, 6) is 2.17. The normalized spacial score (nSPS) is 15.9. The fourth-order valence-electron chi connectivity index (χ4n) is 3.16. The lowest BCUT2D eigenvalue weighted by molar-refractivity contribution is 0.0949. The Morgan fingerprint density at radius 3 is 2.72 bits per heavy atom. The zero-order valence-electron chi connectivity index (χ0n) is 14.0. The molecule has 1 N–H and O–H groups in total. The second kappa shape index (κ2) is 7.01. The van der Waals surface area contributed by atoms with Crippen molar-refractivity contribution >= 4 is 11.7 Å². The smallest absolute Gasteiger partial charge is 0.251 e. The summed E-state index contributed by atoms with van der Waals surface area (Å²) in [6, 6.07) is 9.25. The van der Waals surface area contributed by atoms with Crippen LogP contribution in [0.3, 0.4) is 0 Å². The van der Waals surface area contributed by atoms with Gasteiger partial charge in [0.15, 0.2) is 11.5 Å². The molecule has 0 aliphatic carbocycles. The lowest BCUT2D eigenvalue weighted by Crippen LogP contribution is -2.24. The summed E-state index contributed by atoms with van der Waals surface area (Å²) >= 11 is 0. The molecule has 2 aliphatic heterocycles. The molecule has 6 heteroatoms. The first-order valence-corrected chi connectivity index (χ1v) is 8.67. The summed E-state index contributed by atoms with van der Waals surface area (Å²) in [4.78, 5) is 19.1. The summed E-state index contributed by atoms with van der Waals surface area (Å²) in [6.07, 6.45) is 4.23. The number of carbonyl (C=O) groups is 1. The lowest BCUT2D eigenvalue weighted by Gasteiger charge is -2.19. The van der Waals surface area contributed by atoms with Crippen LogP contribution in [0.25, 0.3) is 0 Å². The van der Waals surface area contributed by atoms with Gasteiger partial charge in [0.1, 0.15) is 19.0 Å². The van der Waals surface area contributed by atoms with E-state index in [1.165, 1.54) is 12.8 Å². The number of fused-ring (bicyclic) bond motifs is 1. The van der Waals surface area contributed by atoms with Gasteiger partial charge in [-0.05, 0) is 48.7 Å². The van der Waals surface area contributed by atoms with Gasteiger partial charge in [-0.2, -0.15) is 0 Å². The monoisotopic (exact) mass is 339 g/mol. The van der Waals surface area contributed by atoms with Crippen molar-refractivity contribution in [3.8, 4) is 11.5 Å². The summed E-state index contributed by atoms with van der Waals surface area (Å²) in [5, 5.41) is 2.96. The number of hydrogen-bond acceptors (Lipinski definition) is 5. The van der Waals surface area contributed by atoms with Gasteiger partial charge in [-0.1, -0.05) is 0 Å². The van der Waals surface area contributed by atoms with Crippen molar-refractivity contribution in [1.82, 2.24) is 10.3 Å². The number of nitrogens with one attached hydrogen (secondary N) is 1. The molecule has 1 aromatic heterocycles. The predicted molar refractivity (Wildman–Crippen MR) is 94.3 cm³/mol. The molecule has 3 heterocycles. The third-order valence-electron chi connectivity index (χ3n) is 4.50. The van der Waals surface area contributed by atoms with Crippen LogP contribution in [0.2, 0.25) is 0 Å². The number of pyridine rings is 1. The van der Waals surface area contributed by atoms with Crippen LogP contribution in [0.15, 0.2) is 36.5 Å². The third kappa shape index (κ3) is 3.52. The Balaban J connectivity index is 1.41. The van der Waals surface area contributed by atoms with Gasteiger partial charge < -0.3 is 19.7 Å². The molecular formula is C19H21N3O3. The second-order valence-corrected chi connectivity index (χ2v) is 6.26. The molecule has 0 saturated carbocycles. The van der Waals surface area contributed by atoms with Crippen molar-refractivity contribution in [2.75, 3.05) is 31.2 Å². The van der Waals surface area contributed by atoms with Gasteiger partial charge in [0, 0.05) is 31.4 Å². The number of aromatic nitrogens is 1. The predicted octanol–water partition coefficient (Wildman–Crippen LogP) is 2.38. The standard InChI is InChI=1S/C19H21N3O3/c23-19(15-3-4-16-17(12-15)25-10-9-24-16)21-13-14-5-6-20-18(11-14)22-7-1-2-8-22/h3-6,11-12H,1-2,7-10,13H2,(H,21,23). The Morgan fingerprint density at radius 1 is 1.08 bits per heavy atom. The molecule has 2 aliphatic rings. The number of amides is 1. The first kappa shape index (κ1) is 15.7. The molecule has 6 nitrogen and oxygen atoms in total. The first-order valence-electron chi connectivity index (χ1n) is 8.67. The molecule has 0 spiro atoms. The summed E-state index contributed by atoms with van der Waals surface area (Å²) in [6.45, 7) is 3.63. The summed E-state index contributed by atoms with van der Waals surface area (Å²) in [5.41, 5.74) is 1.61. The molecule has 0 bridgehead atoms. The fourth-order valence-corrected chi connectivity index (χ4v) is 3.16. The van der Waals surface area contributed by atoms with Crippen LogP contribution >= 0.6 is 0 Å². The largest absolute Gasteiger partial charge is 0.486 e. The van der Waals surface area contributed by atoms with Gasteiger partial charge in [0.2, 0.25) is 0 Å². The molecule has 1 saturated heterocycles. The Labute approximate surface area is 146 Å². The van der Waals surface area contributed by atoms with E-state index in [0.717, 1.165) is 24.5 Å². The van der Waals surface area contributed by atoms with Crippen molar-refractivity contribution in [1.29, 1.82) is 0 Å². The highest BCUT2D eigenvalue weighted by molar-refractivity contribution is 5.94. The van der Waals surface area contributed by atoms with Crippen molar-refractivity contribution in [2.45, 2.75) is 19.4 Å². The highest BCUT2D eigenvalue weighted by Crippen LogP contribution is 2.30. The Bertz CT molecular complexity index is 772. The second-order valence-electron chi connectivity index (χ2n) is 6.26. The third-order valence-corrected chi connectivity index (χ3v) is 4.50. The minimum atomic E-state index is -0.128. The van der Waals surface area contributed by atoms with E-state index in [9.17, 15) is 4.79 Å². The molecule has 1 amide bonds.